The van der Waals surface area contributed by atoms with Crippen molar-refractivity contribution in [3.05, 3.63) is 69.4 Å². The molecule has 6 heteroatoms. The maximum Gasteiger partial charge on any atom is 0.290 e. The zero-order chi connectivity index (χ0) is 18.0. The highest BCUT2D eigenvalue weighted by Crippen LogP contribution is 2.40. The molecule has 2 heterocycles. The minimum absolute atomic E-state index is 0.175. The third-order valence-electron chi connectivity index (χ3n) is 4.29. The Morgan fingerprint density at radius 1 is 1.28 bits per heavy atom. The number of ketones is 1. The Labute approximate surface area is 149 Å². The monoisotopic (exact) mass is 359 g/mol. The zero-order valence-electron chi connectivity index (χ0n) is 13.7. The number of amides is 1. The first-order valence-electron chi connectivity index (χ1n) is 8.08. The summed E-state index contributed by atoms with van der Waals surface area (Å²) in [6.45, 7) is 2.04. The van der Waals surface area contributed by atoms with Gasteiger partial charge < -0.3 is 10.0 Å². The molecule has 1 unspecified atom stereocenters. The van der Waals surface area contributed by atoms with Crippen LogP contribution in [0.4, 0.5) is 4.39 Å². The number of nitrogens with zero attached hydrogens (tertiary/aromatic N) is 1. The second kappa shape index (κ2) is 7.19. The Hall–Kier alpha value is -2.47. The van der Waals surface area contributed by atoms with Gasteiger partial charge in [0.2, 0.25) is 0 Å². The molecule has 1 atom stereocenters. The molecule has 1 amide bonds. The summed E-state index contributed by atoms with van der Waals surface area (Å²) in [5.41, 5.74) is 1.06. The number of benzene rings is 1. The predicted octanol–water partition coefficient (Wildman–Crippen LogP) is 3.80. The first-order valence-corrected chi connectivity index (χ1v) is 8.96. The van der Waals surface area contributed by atoms with Gasteiger partial charge in [0.25, 0.3) is 5.91 Å². The summed E-state index contributed by atoms with van der Waals surface area (Å²) >= 11 is 1.44. The maximum absolute atomic E-state index is 13.0. The summed E-state index contributed by atoms with van der Waals surface area (Å²) < 4.78 is 13.0. The Morgan fingerprint density at radius 3 is 2.60 bits per heavy atom. The van der Waals surface area contributed by atoms with Crippen LogP contribution in [0.5, 0.6) is 0 Å². The summed E-state index contributed by atoms with van der Waals surface area (Å²) in [7, 11) is 0. The highest BCUT2D eigenvalue weighted by molar-refractivity contribution is 7.10. The number of carbonyl (C=O) groups is 2. The van der Waals surface area contributed by atoms with Crippen molar-refractivity contribution in [2.75, 3.05) is 6.54 Å². The molecule has 0 saturated heterocycles. The second-order valence-electron chi connectivity index (χ2n) is 5.83. The number of thiophene rings is 1. The van der Waals surface area contributed by atoms with Gasteiger partial charge in [0.1, 0.15) is 5.82 Å². The molecule has 0 spiro atoms. The van der Waals surface area contributed by atoms with E-state index in [1.807, 2.05) is 17.5 Å². The van der Waals surface area contributed by atoms with Crippen LogP contribution in [0.1, 0.15) is 29.8 Å². The summed E-state index contributed by atoms with van der Waals surface area (Å²) in [6, 6.07) is 9.24. The number of rotatable bonds is 6. The van der Waals surface area contributed by atoms with Gasteiger partial charge in [-0.05, 0) is 35.6 Å². The van der Waals surface area contributed by atoms with E-state index >= 15 is 0 Å². The van der Waals surface area contributed by atoms with E-state index in [1.54, 1.807) is 19.1 Å². The molecule has 1 aromatic carbocycles. The van der Waals surface area contributed by atoms with Crippen LogP contribution >= 0.6 is 11.3 Å². The standard InChI is InChI=1S/C19H18FNO3S/c1-2-14(22)16-17(15-4-3-11-25-15)21(19(24)18(16)23)10-9-12-5-7-13(20)8-6-12/h3-8,11,17,23H,2,9-10H2,1H3. The second-order valence-corrected chi connectivity index (χ2v) is 6.81. The van der Waals surface area contributed by atoms with Gasteiger partial charge in [-0.25, -0.2) is 4.39 Å². The van der Waals surface area contributed by atoms with E-state index in [1.165, 1.54) is 28.4 Å². The first-order chi connectivity index (χ1) is 12.0. The van der Waals surface area contributed by atoms with Crippen LogP contribution in [0, 0.1) is 5.82 Å². The number of hydrogen-bond donors (Lipinski definition) is 1. The number of hydrogen-bond acceptors (Lipinski definition) is 4. The molecule has 1 aromatic heterocycles. The van der Waals surface area contributed by atoms with E-state index in [-0.39, 0.29) is 23.6 Å². The van der Waals surface area contributed by atoms with Crippen LogP contribution in [0.3, 0.4) is 0 Å². The van der Waals surface area contributed by atoms with Gasteiger partial charge in [-0.3, -0.25) is 9.59 Å². The van der Waals surface area contributed by atoms with Gasteiger partial charge in [0.05, 0.1) is 11.6 Å². The molecule has 3 rings (SSSR count). The van der Waals surface area contributed by atoms with Crippen LogP contribution in [0.25, 0.3) is 0 Å². The van der Waals surface area contributed by atoms with Gasteiger partial charge in [0.15, 0.2) is 11.5 Å². The topological polar surface area (TPSA) is 57.6 Å². The van der Waals surface area contributed by atoms with Crippen LogP contribution in [0.15, 0.2) is 53.1 Å². The lowest BCUT2D eigenvalue weighted by atomic mass is 10.00. The van der Waals surface area contributed by atoms with Crippen molar-refractivity contribution in [2.45, 2.75) is 25.8 Å². The Kier molecular flexibility index (Phi) is 4.99. The molecule has 130 valence electrons. The van der Waals surface area contributed by atoms with E-state index in [9.17, 15) is 19.1 Å². The molecule has 1 N–H and O–H groups in total. The van der Waals surface area contributed by atoms with Gasteiger partial charge in [0, 0.05) is 17.8 Å². The van der Waals surface area contributed by atoms with Crippen molar-refractivity contribution in [2.24, 2.45) is 0 Å². The number of halogens is 1. The number of carbonyl (C=O) groups excluding carboxylic acids is 2. The fraction of sp³-hybridized carbons (Fsp3) is 0.263. The van der Waals surface area contributed by atoms with Crippen LogP contribution in [-0.4, -0.2) is 28.2 Å². The SMILES string of the molecule is CCC(=O)C1=C(O)C(=O)N(CCc2ccc(F)cc2)C1c1cccs1. The van der Waals surface area contributed by atoms with Crippen LogP contribution in [0.2, 0.25) is 0 Å². The first kappa shape index (κ1) is 17.4. The Balaban J connectivity index is 1.88. The number of aliphatic hydroxyl groups excluding tert-OH is 1. The van der Waals surface area contributed by atoms with E-state index < -0.39 is 17.7 Å². The highest BCUT2D eigenvalue weighted by atomic mass is 32.1. The van der Waals surface area contributed by atoms with Gasteiger partial charge >= 0.3 is 0 Å². The summed E-state index contributed by atoms with van der Waals surface area (Å²) in [4.78, 5) is 27.2. The van der Waals surface area contributed by atoms with E-state index in [0.717, 1.165) is 10.4 Å². The van der Waals surface area contributed by atoms with Crippen molar-refractivity contribution in [1.82, 2.24) is 4.90 Å². The van der Waals surface area contributed by atoms with Gasteiger partial charge in [-0.2, -0.15) is 0 Å². The number of aliphatic hydroxyl groups is 1. The fourth-order valence-corrected chi connectivity index (χ4v) is 3.85. The quantitative estimate of drug-likeness (QED) is 0.853. The average Bonchev–Trinajstić information content (AvgIpc) is 3.22. The third-order valence-corrected chi connectivity index (χ3v) is 5.22. The normalized spacial score (nSPS) is 17.4. The fourth-order valence-electron chi connectivity index (χ4n) is 3.00. The molecule has 1 aliphatic rings. The maximum atomic E-state index is 13.0. The lowest BCUT2D eigenvalue weighted by molar-refractivity contribution is -0.129. The molecule has 0 radical (unpaired) electrons. The Bertz CT molecular complexity index is 812. The molecule has 0 bridgehead atoms. The molecule has 0 aliphatic carbocycles. The van der Waals surface area contributed by atoms with E-state index in [2.05, 4.69) is 0 Å². The summed E-state index contributed by atoms with van der Waals surface area (Å²) in [5.74, 6) is -1.53. The van der Waals surface area contributed by atoms with Crippen LogP contribution < -0.4 is 0 Å². The molecular formula is C19H18FNO3S. The third kappa shape index (κ3) is 3.35. The average molecular weight is 359 g/mol. The predicted molar refractivity (Wildman–Crippen MR) is 93.8 cm³/mol. The largest absolute Gasteiger partial charge is 0.503 e. The lowest BCUT2D eigenvalue weighted by Gasteiger charge is -2.25. The van der Waals surface area contributed by atoms with E-state index in [4.69, 9.17) is 0 Å². The molecule has 25 heavy (non-hydrogen) atoms. The molecule has 4 nitrogen and oxygen atoms in total. The minimum atomic E-state index is -0.555. The molecular weight excluding hydrogens is 341 g/mol. The van der Waals surface area contributed by atoms with Gasteiger partial charge in [-0.1, -0.05) is 25.1 Å². The molecule has 2 aromatic rings. The highest BCUT2D eigenvalue weighted by Gasteiger charge is 2.43. The van der Waals surface area contributed by atoms with Crippen molar-refractivity contribution in [3.63, 3.8) is 0 Å². The molecule has 1 aliphatic heterocycles. The van der Waals surface area contributed by atoms with Crippen molar-refractivity contribution in [1.29, 1.82) is 0 Å². The van der Waals surface area contributed by atoms with Gasteiger partial charge in [-0.15, -0.1) is 11.3 Å². The smallest absolute Gasteiger partial charge is 0.290 e. The van der Waals surface area contributed by atoms with Crippen molar-refractivity contribution in [3.8, 4) is 0 Å². The summed E-state index contributed by atoms with van der Waals surface area (Å²) in [6.07, 6.45) is 0.731. The van der Waals surface area contributed by atoms with E-state index in [0.29, 0.717) is 13.0 Å². The lowest BCUT2D eigenvalue weighted by Crippen LogP contribution is -2.32. The number of Topliss-reactive ketones (excluding diaryl/α,β-unsaturated/α-hetero) is 1. The molecule has 0 fully saturated rings. The summed E-state index contributed by atoms with van der Waals surface area (Å²) in [5, 5.41) is 12.1. The zero-order valence-corrected chi connectivity index (χ0v) is 14.6. The van der Waals surface area contributed by atoms with Crippen molar-refractivity contribution < 1.29 is 19.1 Å². The minimum Gasteiger partial charge on any atom is -0.503 e. The Morgan fingerprint density at radius 2 is 2.00 bits per heavy atom. The van der Waals surface area contributed by atoms with Crippen molar-refractivity contribution >= 4 is 23.0 Å². The molecule has 0 saturated carbocycles. The van der Waals surface area contributed by atoms with Crippen LogP contribution in [-0.2, 0) is 16.0 Å².